The molecule has 0 spiro atoms. The maximum atomic E-state index is 12.7. The zero-order valence-corrected chi connectivity index (χ0v) is 7.47. The number of rotatable bonds is 1. The van der Waals surface area contributed by atoms with Crippen molar-refractivity contribution in [3.63, 3.8) is 0 Å². The highest BCUT2D eigenvalue weighted by molar-refractivity contribution is 7.79. The number of aliphatic hydroxyl groups excluding tert-OH is 1. The van der Waals surface area contributed by atoms with Crippen molar-refractivity contribution in [2.75, 3.05) is 0 Å². The number of hydrogen-bond donors (Lipinski definition) is 1. The fourth-order valence-corrected chi connectivity index (χ4v) is 0.845. The van der Waals surface area contributed by atoms with Gasteiger partial charge in [0.15, 0.2) is 0 Å². The van der Waals surface area contributed by atoms with E-state index in [1.807, 2.05) is 0 Å². The Labute approximate surface area is 84.9 Å². The molecule has 0 heterocycles. The van der Waals surface area contributed by atoms with Crippen LogP contribution in [0.25, 0.3) is 0 Å². The van der Waals surface area contributed by atoms with Crippen molar-refractivity contribution < 1.29 is 31.8 Å². The van der Waals surface area contributed by atoms with Gasteiger partial charge in [0.2, 0.25) is 34.8 Å². The van der Waals surface area contributed by atoms with Gasteiger partial charge in [0.05, 0.1) is 0 Å². The van der Waals surface area contributed by atoms with E-state index in [0.717, 1.165) is 0 Å². The molecule has 0 aliphatic rings. The topological polar surface area (TPSA) is 29.5 Å². The van der Waals surface area contributed by atoms with Crippen molar-refractivity contribution >= 4 is 17.5 Å². The molecule has 0 aliphatic heterocycles. The summed E-state index contributed by atoms with van der Waals surface area (Å²) in [5.74, 6) is -12.7. The lowest BCUT2D eigenvalue weighted by atomic mass is 10.3. The van der Waals surface area contributed by atoms with Crippen LogP contribution in [0.3, 0.4) is 0 Å². The Morgan fingerprint density at radius 1 is 0.867 bits per heavy atom. The highest BCUT2D eigenvalue weighted by atomic mass is 32.1. The van der Waals surface area contributed by atoms with Crippen LogP contribution in [0.1, 0.15) is 0 Å². The fraction of sp³-hybridized carbons (Fsp3) is 0. The van der Waals surface area contributed by atoms with Gasteiger partial charge in [-0.05, 0) is 0 Å². The van der Waals surface area contributed by atoms with E-state index in [9.17, 15) is 22.0 Å². The monoisotopic (exact) mass is 244 g/mol. The van der Waals surface area contributed by atoms with Gasteiger partial charge in [0, 0.05) is 12.2 Å². The molecule has 0 amide bonds. The van der Waals surface area contributed by atoms with E-state index in [2.05, 4.69) is 17.0 Å². The van der Waals surface area contributed by atoms with Gasteiger partial charge >= 0.3 is 5.24 Å². The zero-order valence-electron chi connectivity index (χ0n) is 6.65. The molecule has 0 saturated carbocycles. The average molecular weight is 244 g/mol. The first-order valence-corrected chi connectivity index (χ1v) is 3.69. The van der Waals surface area contributed by atoms with Crippen molar-refractivity contribution in [3.05, 3.63) is 29.1 Å². The van der Waals surface area contributed by atoms with Crippen molar-refractivity contribution in [1.29, 1.82) is 0 Å². The summed E-state index contributed by atoms with van der Waals surface area (Å²) >= 11 is 3.88. The first-order chi connectivity index (χ1) is 6.86. The summed E-state index contributed by atoms with van der Waals surface area (Å²) < 4.78 is 66.7. The molecule has 0 saturated heterocycles. The SMILES string of the molecule is OC(=S)Oc1c(F)c(F)c(F)c(F)c1F. The number of ether oxygens (including phenoxy) is 1. The predicted octanol–water partition coefficient (Wildman–Crippen LogP) is 2.60. The van der Waals surface area contributed by atoms with Gasteiger partial charge in [0.1, 0.15) is 0 Å². The third-order valence-electron chi connectivity index (χ3n) is 1.36. The van der Waals surface area contributed by atoms with Crippen LogP contribution < -0.4 is 4.74 Å². The van der Waals surface area contributed by atoms with Gasteiger partial charge in [-0.25, -0.2) is 13.2 Å². The van der Waals surface area contributed by atoms with Crippen LogP contribution in [0.2, 0.25) is 0 Å². The van der Waals surface area contributed by atoms with Gasteiger partial charge in [-0.3, -0.25) is 0 Å². The van der Waals surface area contributed by atoms with Crippen molar-refractivity contribution in [2.45, 2.75) is 0 Å². The van der Waals surface area contributed by atoms with E-state index in [1.54, 1.807) is 0 Å². The minimum atomic E-state index is -2.32. The standard InChI is InChI=1S/C7HF5O2S/c8-1-2(9)4(11)6(14-7(13)15)5(12)3(1)10/h(H,13,15). The summed E-state index contributed by atoms with van der Waals surface area (Å²) in [6.45, 7) is 0. The number of halogens is 5. The van der Waals surface area contributed by atoms with E-state index in [1.165, 1.54) is 0 Å². The van der Waals surface area contributed by atoms with Crippen LogP contribution >= 0.6 is 12.2 Å². The highest BCUT2D eigenvalue weighted by Crippen LogP contribution is 2.28. The molecule has 1 rings (SSSR count). The molecule has 0 radical (unpaired) electrons. The minimum absolute atomic E-state index is 1.36. The van der Waals surface area contributed by atoms with Gasteiger partial charge in [-0.2, -0.15) is 8.78 Å². The van der Waals surface area contributed by atoms with Crippen LogP contribution in [0.15, 0.2) is 0 Å². The minimum Gasteiger partial charge on any atom is -0.472 e. The first kappa shape index (κ1) is 11.6. The molecule has 15 heavy (non-hydrogen) atoms. The van der Waals surface area contributed by atoms with Gasteiger partial charge < -0.3 is 9.84 Å². The Hall–Kier alpha value is -1.44. The Bertz CT molecular complexity index is 405. The van der Waals surface area contributed by atoms with Gasteiger partial charge in [0.25, 0.3) is 0 Å². The van der Waals surface area contributed by atoms with Gasteiger partial charge in [-0.1, -0.05) is 0 Å². The van der Waals surface area contributed by atoms with Crippen molar-refractivity contribution in [3.8, 4) is 5.75 Å². The quantitative estimate of drug-likeness (QED) is 0.356. The second-order valence-electron chi connectivity index (χ2n) is 2.27. The second kappa shape index (κ2) is 3.97. The zero-order chi connectivity index (χ0) is 11.7. The molecule has 1 N–H and O–H groups in total. The number of aliphatic hydroxyl groups is 1. The normalized spacial score (nSPS) is 10.2. The number of hydrogen-bond acceptors (Lipinski definition) is 2. The van der Waals surface area contributed by atoms with Crippen LogP contribution in [0.5, 0.6) is 5.75 Å². The first-order valence-electron chi connectivity index (χ1n) is 3.28. The molecule has 8 heteroatoms. The summed E-state index contributed by atoms with van der Waals surface area (Å²) in [5, 5.41) is 6.98. The highest BCUT2D eigenvalue weighted by Gasteiger charge is 2.27. The lowest BCUT2D eigenvalue weighted by Crippen LogP contribution is -2.10. The Balaban J connectivity index is 3.45. The van der Waals surface area contributed by atoms with Gasteiger partial charge in [-0.15, -0.1) is 0 Å². The number of benzene rings is 1. The predicted molar refractivity (Wildman–Crippen MR) is 42.1 cm³/mol. The van der Waals surface area contributed by atoms with Crippen LogP contribution in [0, 0.1) is 29.1 Å². The van der Waals surface area contributed by atoms with Crippen LogP contribution in [-0.4, -0.2) is 10.3 Å². The third kappa shape index (κ3) is 1.99. The molecule has 0 unspecified atom stereocenters. The summed E-state index contributed by atoms with van der Waals surface area (Å²) in [6, 6.07) is 0. The second-order valence-corrected chi connectivity index (χ2v) is 2.62. The maximum absolute atomic E-state index is 12.7. The summed E-state index contributed by atoms with van der Waals surface area (Å²) in [7, 11) is 0. The van der Waals surface area contributed by atoms with Crippen LogP contribution in [0.4, 0.5) is 22.0 Å². The maximum Gasteiger partial charge on any atom is 0.355 e. The van der Waals surface area contributed by atoms with Crippen molar-refractivity contribution in [2.24, 2.45) is 0 Å². The molecule has 1 aromatic carbocycles. The molecule has 2 nitrogen and oxygen atoms in total. The molecule has 1 aromatic rings. The average Bonchev–Trinajstić information content (AvgIpc) is 2.18. The lowest BCUT2D eigenvalue weighted by molar-refractivity contribution is 0.320. The molecule has 0 bridgehead atoms. The summed E-state index contributed by atoms with van der Waals surface area (Å²) in [4.78, 5) is 0. The Kier molecular flexibility index (Phi) is 3.08. The molecular weight excluding hydrogens is 243 g/mol. The Morgan fingerprint density at radius 3 is 1.53 bits per heavy atom. The van der Waals surface area contributed by atoms with E-state index >= 15 is 0 Å². The number of thiocarbonyl (C=S) groups is 1. The van der Waals surface area contributed by atoms with Crippen molar-refractivity contribution in [1.82, 2.24) is 0 Å². The third-order valence-corrected chi connectivity index (χ3v) is 1.44. The fourth-order valence-electron chi connectivity index (χ4n) is 0.762. The van der Waals surface area contributed by atoms with E-state index < -0.39 is 40.1 Å². The molecular formula is C7HF5O2S. The van der Waals surface area contributed by atoms with E-state index in [0.29, 0.717) is 0 Å². The molecule has 82 valence electrons. The molecule has 0 aromatic heterocycles. The van der Waals surface area contributed by atoms with E-state index in [-0.39, 0.29) is 0 Å². The Morgan fingerprint density at radius 2 is 1.20 bits per heavy atom. The van der Waals surface area contributed by atoms with Crippen LogP contribution in [-0.2, 0) is 0 Å². The molecule has 0 atom stereocenters. The summed E-state index contributed by atoms with van der Waals surface area (Å²) in [5.41, 5.74) is 0. The largest absolute Gasteiger partial charge is 0.472 e. The van der Waals surface area contributed by atoms with E-state index in [4.69, 9.17) is 5.11 Å². The molecule has 0 fully saturated rings. The smallest absolute Gasteiger partial charge is 0.355 e. The molecule has 0 aliphatic carbocycles. The lowest BCUT2D eigenvalue weighted by Gasteiger charge is -2.06. The summed E-state index contributed by atoms with van der Waals surface area (Å²) in [6.07, 6.45) is 0.